The van der Waals surface area contributed by atoms with Crippen molar-refractivity contribution in [3.63, 3.8) is 0 Å². The largest absolute Gasteiger partial charge is 0.493 e. The lowest BCUT2D eigenvalue weighted by molar-refractivity contribution is -0.143. The molecule has 1 aromatic heterocycles. The summed E-state index contributed by atoms with van der Waals surface area (Å²) in [4.78, 5) is 29.9. The number of nitrogens with one attached hydrogen (secondary N) is 1. The topological polar surface area (TPSA) is 121 Å². The van der Waals surface area contributed by atoms with E-state index in [9.17, 15) is 9.59 Å². The van der Waals surface area contributed by atoms with Crippen LogP contribution in [0.1, 0.15) is 58.3 Å². The monoisotopic (exact) mass is 514 g/mol. The predicted octanol–water partition coefficient (Wildman–Crippen LogP) is 2.59. The summed E-state index contributed by atoms with van der Waals surface area (Å²) in [7, 11) is 3.13. The van der Waals surface area contributed by atoms with Gasteiger partial charge in [-0.05, 0) is 55.5 Å². The molecule has 2 aromatic rings. The molecule has 0 unspecified atom stereocenters. The number of carbonyl (C=O) groups excluding carboxylic acids is 2. The number of nitrogens with zero attached hydrogens (tertiary/aromatic N) is 5. The van der Waals surface area contributed by atoms with Gasteiger partial charge in [0.25, 0.3) is 0 Å². The van der Waals surface area contributed by atoms with Crippen molar-refractivity contribution in [1.29, 1.82) is 0 Å². The highest BCUT2D eigenvalue weighted by Crippen LogP contribution is 2.30. The van der Waals surface area contributed by atoms with Gasteiger partial charge in [0.2, 0.25) is 17.6 Å². The number of aromatic nitrogens is 4. The molecule has 1 N–H and O–H groups in total. The van der Waals surface area contributed by atoms with Gasteiger partial charge in [-0.2, -0.15) is 4.80 Å². The van der Waals surface area contributed by atoms with E-state index >= 15 is 0 Å². The van der Waals surface area contributed by atoms with E-state index in [2.05, 4.69) is 20.7 Å². The van der Waals surface area contributed by atoms with E-state index in [4.69, 9.17) is 14.2 Å². The fourth-order valence-corrected chi connectivity index (χ4v) is 5.09. The van der Waals surface area contributed by atoms with Crippen molar-refractivity contribution in [2.75, 3.05) is 27.4 Å². The summed E-state index contributed by atoms with van der Waals surface area (Å²) in [6, 6.07) is 4.96. The molecule has 2 amide bonds. The van der Waals surface area contributed by atoms with E-state index in [-0.39, 0.29) is 30.5 Å². The van der Waals surface area contributed by atoms with Crippen LogP contribution in [0.2, 0.25) is 0 Å². The van der Waals surface area contributed by atoms with E-state index in [1.54, 1.807) is 37.3 Å². The molecule has 2 atom stereocenters. The minimum absolute atomic E-state index is 0.0754. The van der Waals surface area contributed by atoms with Gasteiger partial charge in [0.15, 0.2) is 11.5 Å². The van der Waals surface area contributed by atoms with Gasteiger partial charge in [0, 0.05) is 24.8 Å². The van der Waals surface area contributed by atoms with Crippen LogP contribution in [0.15, 0.2) is 18.2 Å². The number of methoxy groups -OCH3 is 2. The molecule has 11 heteroatoms. The highest BCUT2D eigenvalue weighted by atomic mass is 16.5. The van der Waals surface area contributed by atoms with E-state index in [0.717, 1.165) is 44.9 Å². The van der Waals surface area contributed by atoms with E-state index in [1.165, 1.54) is 4.80 Å². The van der Waals surface area contributed by atoms with Crippen LogP contribution in [0.5, 0.6) is 11.5 Å². The number of hydrogen-bond acceptors (Lipinski definition) is 8. The van der Waals surface area contributed by atoms with Gasteiger partial charge in [-0.1, -0.05) is 26.2 Å². The molecule has 0 spiro atoms. The Morgan fingerprint density at radius 1 is 1.16 bits per heavy atom. The van der Waals surface area contributed by atoms with E-state index in [1.807, 2.05) is 6.92 Å². The fraction of sp³-hybridized carbons (Fsp3) is 0.654. The quantitative estimate of drug-likeness (QED) is 0.459. The number of carbonyl (C=O) groups is 2. The van der Waals surface area contributed by atoms with Crippen molar-refractivity contribution in [3.8, 4) is 22.9 Å². The summed E-state index contributed by atoms with van der Waals surface area (Å²) in [6.45, 7) is 2.96. The molecule has 0 bridgehead atoms. The van der Waals surface area contributed by atoms with Crippen LogP contribution in [0.25, 0.3) is 11.4 Å². The number of amides is 2. The first-order valence-electron chi connectivity index (χ1n) is 13.2. The van der Waals surface area contributed by atoms with E-state index in [0.29, 0.717) is 42.5 Å². The molecule has 202 valence electrons. The molecule has 4 rings (SSSR count). The second kappa shape index (κ2) is 12.8. The smallest absolute Gasteiger partial charge is 0.247 e. The Morgan fingerprint density at radius 3 is 2.62 bits per heavy atom. The molecule has 2 fully saturated rings. The Labute approximate surface area is 217 Å². The molecule has 1 saturated carbocycles. The van der Waals surface area contributed by atoms with Crippen LogP contribution < -0.4 is 14.8 Å². The van der Waals surface area contributed by atoms with Crippen molar-refractivity contribution in [2.45, 2.75) is 83.0 Å². The van der Waals surface area contributed by atoms with Crippen LogP contribution in [0, 0.1) is 0 Å². The van der Waals surface area contributed by atoms with Crippen molar-refractivity contribution >= 4 is 11.8 Å². The predicted molar refractivity (Wildman–Crippen MR) is 136 cm³/mol. The Kier molecular flexibility index (Phi) is 9.32. The van der Waals surface area contributed by atoms with Gasteiger partial charge in [-0.3, -0.25) is 9.59 Å². The Bertz CT molecular complexity index is 1050. The number of benzene rings is 1. The zero-order valence-corrected chi connectivity index (χ0v) is 22.0. The average Bonchev–Trinajstić information content (AvgIpc) is 3.69. The van der Waals surface area contributed by atoms with Crippen LogP contribution in [-0.4, -0.2) is 82.5 Å². The third kappa shape index (κ3) is 6.76. The third-order valence-corrected chi connectivity index (χ3v) is 7.06. The lowest BCUT2D eigenvalue weighted by atomic mass is 10.1. The summed E-state index contributed by atoms with van der Waals surface area (Å²) < 4.78 is 16.5. The minimum Gasteiger partial charge on any atom is -0.493 e. The van der Waals surface area contributed by atoms with Gasteiger partial charge in [0.1, 0.15) is 12.6 Å². The molecule has 1 aliphatic heterocycles. The maximum atomic E-state index is 13.6. The minimum atomic E-state index is -0.559. The molecule has 1 aromatic carbocycles. The van der Waals surface area contributed by atoms with Crippen molar-refractivity contribution < 1.29 is 23.8 Å². The first-order chi connectivity index (χ1) is 18.0. The number of rotatable bonds is 12. The second-order valence-corrected chi connectivity index (χ2v) is 9.69. The number of hydrogen-bond donors (Lipinski definition) is 1. The lowest BCUT2D eigenvalue weighted by Gasteiger charge is -2.33. The first-order valence-corrected chi connectivity index (χ1v) is 13.2. The normalized spacial score (nSPS) is 18.5. The molecule has 1 saturated heterocycles. The molecule has 37 heavy (non-hydrogen) atoms. The molecule has 2 aliphatic rings. The second-order valence-electron chi connectivity index (χ2n) is 9.69. The summed E-state index contributed by atoms with van der Waals surface area (Å²) in [5, 5.41) is 15.8. The molecule has 2 heterocycles. The van der Waals surface area contributed by atoms with Crippen LogP contribution in [0.4, 0.5) is 0 Å². The summed E-state index contributed by atoms with van der Waals surface area (Å²) >= 11 is 0. The lowest BCUT2D eigenvalue weighted by Crippen LogP contribution is -2.54. The zero-order valence-electron chi connectivity index (χ0n) is 22.0. The molecule has 0 radical (unpaired) electrons. The van der Waals surface area contributed by atoms with Crippen molar-refractivity contribution in [2.24, 2.45) is 0 Å². The summed E-state index contributed by atoms with van der Waals surface area (Å²) in [5.74, 6) is 1.19. The fourth-order valence-electron chi connectivity index (χ4n) is 5.09. The molecule has 1 aliphatic carbocycles. The Balaban J connectivity index is 1.51. The van der Waals surface area contributed by atoms with Crippen molar-refractivity contribution in [3.05, 3.63) is 18.2 Å². The third-order valence-electron chi connectivity index (χ3n) is 7.06. The highest BCUT2D eigenvalue weighted by molar-refractivity contribution is 5.87. The van der Waals surface area contributed by atoms with Crippen LogP contribution in [0.3, 0.4) is 0 Å². The van der Waals surface area contributed by atoms with E-state index < -0.39 is 6.04 Å². The van der Waals surface area contributed by atoms with Gasteiger partial charge in [-0.15, -0.1) is 10.2 Å². The summed E-state index contributed by atoms with van der Waals surface area (Å²) in [5.41, 5.74) is 0.687. The van der Waals surface area contributed by atoms with Gasteiger partial charge >= 0.3 is 0 Å². The highest BCUT2D eigenvalue weighted by Gasteiger charge is 2.34. The molecular formula is C26H38N6O5. The number of tetrazole rings is 1. The first kappa shape index (κ1) is 26.8. The Morgan fingerprint density at radius 2 is 1.95 bits per heavy atom. The molecule has 11 nitrogen and oxygen atoms in total. The SMILES string of the molecule is CCC[C@@H](C(=O)NC1CCCC1)N(C[C@H]1CCCO1)C(=O)Cn1nnc(-c2ccc(OC)c(OC)c2)n1. The Hall–Kier alpha value is -3.21. The van der Waals surface area contributed by atoms with Gasteiger partial charge in [-0.25, -0.2) is 0 Å². The van der Waals surface area contributed by atoms with Gasteiger partial charge < -0.3 is 24.4 Å². The maximum Gasteiger partial charge on any atom is 0.247 e. The van der Waals surface area contributed by atoms with Crippen LogP contribution in [-0.2, 0) is 20.9 Å². The standard InChI is InChI=1S/C26H38N6O5/c1-4-8-21(26(34)27-19-9-5-6-10-19)31(16-20-11-7-14-37-20)24(33)17-32-29-25(28-30-32)18-12-13-22(35-2)23(15-18)36-3/h12-13,15,19-21H,4-11,14,16-17H2,1-3H3,(H,27,34)/t20-,21+/m1/s1. The average molecular weight is 515 g/mol. The number of ether oxygens (including phenoxy) is 3. The maximum absolute atomic E-state index is 13.6. The zero-order chi connectivity index (χ0) is 26.2. The van der Waals surface area contributed by atoms with Crippen LogP contribution >= 0.6 is 0 Å². The van der Waals surface area contributed by atoms with Gasteiger partial charge in [0.05, 0.1) is 20.3 Å². The molecular weight excluding hydrogens is 476 g/mol. The summed E-state index contributed by atoms with van der Waals surface area (Å²) in [6.07, 6.45) is 7.36. The van der Waals surface area contributed by atoms with Crippen molar-refractivity contribution in [1.82, 2.24) is 30.4 Å².